The summed E-state index contributed by atoms with van der Waals surface area (Å²) < 4.78 is 6.19. The van der Waals surface area contributed by atoms with Crippen LogP contribution in [0.25, 0.3) is 0 Å². The fourth-order valence-corrected chi connectivity index (χ4v) is 2.45. The average molecular weight is 344 g/mol. The third kappa shape index (κ3) is 6.84. The van der Waals surface area contributed by atoms with Crippen molar-refractivity contribution >= 4 is 15.9 Å². The molecule has 1 unspecified atom stereocenters. The number of nitrogens with zero attached hydrogens (tertiary/aromatic N) is 1. The topological polar surface area (TPSA) is 32.7 Å². The predicted molar refractivity (Wildman–Crippen MR) is 86.9 cm³/mol. The molecule has 0 fully saturated rings. The number of rotatable bonds is 9. The Morgan fingerprint density at radius 1 is 1.20 bits per heavy atom. The van der Waals surface area contributed by atoms with Crippen molar-refractivity contribution < 1.29 is 9.84 Å². The molecule has 0 bridgehead atoms. The summed E-state index contributed by atoms with van der Waals surface area (Å²) in [6, 6.07) is 7.87. The van der Waals surface area contributed by atoms with Crippen LogP contribution in [-0.2, 0) is 4.74 Å². The fourth-order valence-electron chi connectivity index (χ4n) is 2.19. The van der Waals surface area contributed by atoms with E-state index in [0.29, 0.717) is 5.92 Å². The van der Waals surface area contributed by atoms with E-state index in [9.17, 15) is 5.11 Å². The maximum absolute atomic E-state index is 10.2. The molecule has 1 aromatic carbocycles. The first kappa shape index (κ1) is 17.6. The van der Waals surface area contributed by atoms with Crippen LogP contribution in [-0.4, -0.2) is 43.4 Å². The molecule has 4 heteroatoms. The minimum Gasteiger partial charge on any atom is -0.388 e. The first-order valence-electron chi connectivity index (χ1n) is 7.17. The van der Waals surface area contributed by atoms with E-state index < -0.39 is 6.10 Å². The summed E-state index contributed by atoms with van der Waals surface area (Å²) in [4.78, 5) is 2.36. The normalized spacial score (nSPS) is 13.2. The SMILES string of the molecule is COCCN(CCC(O)c1ccc(Br)cc1)CC(C)C. The second-order valence-corrected chi connectivity index (χ2v) is 6.46. The highest BCUT2D eigenvalue weighted by Gasteiger charge is 2.12. The van der Waals surface area contributed by atoms with Crippen LogP contribution in [0.4, 0.5) is 0 Å². The van der Waals surface area contributed by atoms with Crippen molar-refractivity contribution in [3.8, 4) is 0 Å². The maximum atomic E-state index is 10.2. The molecule has 0 spiro atoms. The Balaban J connectivity index is 2.46. The molecule has 0 amide bonds. The number of aliphatic hydroxyl groups is 1. The van der Waals surface area contributed by atoms with Crippen LogP contribution in [0.5, 0.6) is 0 Å². The van der Waals surface area contributed by atoms with Crippen LogP contribution in [0.1, 0.15) is 31.9 Å². The van der Waals surface area contributed by atoms with Crippen molar-refractivity contribution in [1.82, 2.24) is 4.90 Å². The van der Waals surface area contributed by atoms with Crippen molar-refractivity contribution in [1.29, 1.82) is 0 Å². The van der Waals surface area contributed by atoms with Gasteiger partial charge in [-0.15, -0.1) is 0 Å². The molecule has 1 rings (SSSR count). The number of methoxy groups -OCH3 is 1. The standard InChI is InChI=1S/C16H26BrNO2/c1-13(2)12-18(10-11-20-3)9-8-16(19)14-4-6-15(17)7-5-14/h4-7,13,16,19H,8-12H2,1-3H3. The Kier molecular flexibility index (Phi) is 8.38. The van der Waals surface area contributed by atoms with E-state index in [1.807, 2.05) is 24.3 Å². The molecule has 0 aliphatic heterocycles. The van der Waals surface area contributed by atoms with Gasteiger partial charge in [-0.2, -0.15) is 0 Å². The van der Waals surface area contributed by atoms with Crippen molar-refractivity contribution in [2.45, 2.75) is 26.4 Å². The van der Waals surface area contributed by atoms with E-state index in [-0.39, 0.29) is 0 Å². The summed E-state index contributed by atoms with van der Waals surface area (Å²) in [5, 5.41) is 10.2. The van der Waals surface area contributed by atoms with Crippen molar-refractivity contribution in [3.63, 3.8) is 0 Å². The van der Waals surface area contributed by atoms with Gasteiger partial charge in [0, 0.05) is 31.2 Å². The molecule has 0 radical (unpaired) electrons. The number of benzene rings is 1. The van der Waals surface area contributed by atoms with Gasteiger partial charge in [0.15, 0.2) is 0 Å². The molecule has 1 aromatic rings. The molecule has 0 aromatic heterocycles. The molecule has 20 heavy (non-hydrogen) atoms. The molecule has 0 heterocycles. The van der Waals surface area contributed by atoms with Gasteiger partial charge in [0.25, 0.3) is 0 Å². The zero-order valence-corrected chi connectivity index (χ0v) is 14.3. The number of hydrogen-bond donors (Lipinski definition) is 1. The molecule has 1 atom stereocenters. The largest absolute Gasteiger partial charge is 0.388 e. The van der Waals surface area contributed by atoms with Gasteiger partial charge in [-0.25, -0.2) is 0 Å². The third-order valence-corrected chi connectivity index (χ3v) is 3.74. The minimum absolute atomic E-state index is 0.402. The van der Waals surface area contributed by atoms with Crippen LogP contribution >= 0.6 is 15.9 Å². The summed E-state index contributed by atoms with van der Waals surface area (Å²) in [6.45, 7) is 8.01. The van der Waals surface area contributed by atoms with E-state index in [1.54, 1.807) is 7.11 Å². The number of aliphatic hydroxyl groups excluding tert-OH is 1. The van der Waals surface area contributed by atoms with Gasteiger partial charge in [0.1, 0.15) is 0 Å². The van der Waals surface area contributed by atoms with E-state index in [4.69, 9.17) is 4.74 Å². The Morgan fingerprint density at radius 3 is 2.40 bits per heavy atom. The molecule has 3 nitrogen and oxygen atoms in total. The van der Waals surface area contributed by atoms with Gasteiger partial charge in [-0.3, -0.25) is 0 Å². The molecule has 0 saturated heterocycles. The highest BCUT2D eigenvalue weighted by molar-refractivity contribution is 9.10. The van der Waals surface area contributed by atoms with Crippen LogP contribution in [0.2, 0.25) is 0 Å². The van der Waals surface area contributed by atoms with Crippen LogP contribution in [0.3, 0.4) is 0 Å². The summed E-state index contributed by atoms with van der Waals surface area (Å²) >= 11 is 3.41. The highest BCUT2D eigenvalue weighted by Crippen LogP contribution is 2.19. The summed E-state index contributed by atoms with van der Waals surface area (Å²) in [7, 11) is 1.73. The number of ether oxygens (including phenoxy) is 1. The summed E-state index contributed by atoms with van der Waals surface area (Å²) in [5.74, 6) is 0.622. The van der Waals surface area contributed by atoms with Gasteiger partial charge in [-0.1, -0.05) is 41.9 Å². The minimum atomic E-state index is -0.402. The third-order valence-electron chi connectivity index (χ3n) is 3.21. The smallest absolute Gasteiger partial charge is 0.0802 e. The quantitative estimate of drug-likeness (QED) is 0.745. The van der Waals surface area contributed by atoms with Crippen molar-refractivity contribution in [3.05, 3.63) is 34.3 Å². The predicted octanol–water partition coefficient (Wildman–Crippen LogP) is 3.48. The lowest BCUT2D eigenvalue weighted by atomic mass is 10.1. The second kappa shape index (κ2) is 9.50. The molecular weight excluding hydrogens is 318 g/mol. The summed E-state index contributed by atoms with van der Waals surface area (Å²) in [5.41, 5.74) is 0.976. The summed E-state index contributed by atoms with van der Waals surface area (Å²) in [6.07, 6.45) is 0.346. The molecule has 0 aliphatic rings. The van der Waals surface area contributed by atoms with E-state index >= 15 is 0 Å². The van der Waals surface area contributed by atoms with Crippen LogP contribution in [0.15, 0.2) is 28.7 Å². The molecule has 114 valence electrons. The Hall–Kier alpha value is -0.420. The van der Waals surface area contributed by atoms with E-state index in [0.717, 1.165) is 42.7 Å². The van der Waals surface area contributed by atoms with Gasteiger partial charge < -0.3 is 14.7 Å². The van der Waals surface area contributed by atoms with E-state index in [2.05, 4.69) is 34.7 Å². The highest BCUT2D eigenvalue weighted by atomic mass is 79.9. The monoisotopic (exact) mass is 343 g/mol. The molecule has 0 saturated carbocycles. The number of hydrogen-bond acceptors (Lipinski definition) is 3. The van der Waals surface area contributed by atoms with Gasteiger partial charge in [0.05, 0.1) is 12.7 Å². The Morgan fingerprint density at radius 2 is 1.85 bits per heavy atom. The first-order valence-corrected chi connectivity index (χ1v) is 7.97. The molecular formula is C16H26BrNO2. The molecule has 0 aliphatic carbocycles. The van der Waals surface area contributed by atoms with Crippen molar-refractivity contribution in [2.24, 2.45) is 5.92 Å². The first-order chi connectivity index (χ1) is 9.52. The lowest BCUT2D eigenvalue weighted by Gasteiger charge is -2.25. The van der Waals surface area contributed by atoms with Crippen LogP contribution < -0.4 is 0 Å². The lowest BCUT2D eigenvalue weighted by molar-refractivity contribution is 0.111. The number of halogens is 1. The second-order valence-electron chi connectivity index (χ2n) is 5.54. The van der Waals surface area contributed by atoms with Gasteiger partial charge in [-0.05, 0) is 30.0 Å². The zero-order valence-electron chi connectivity index (χ0n) is 12.7. The average Bonchev–Trinajstić information content (AvgIpc) is 2.41. The maximum Gasteiger partial charge on any atom is 0.0802 e. The Labute approximate surface area is 131 Å². The van der Waals surface area contributed by atoms with E-state index in [1.165, 1.54) is 0 Å². The Bertz CT molecular complexity index is 367. The lowest BCUT2D eigenvalue weighted by Crippen LogP contribution is -2.32. The zero-order chi connectivity index (χ0) is 15.0. The van der Waals surface area contributed by atoms with Crippen molar-refractivity contribution in [2.75, 3.05) is 33.4 Å². The van der Waals surface area contributed by atoms with Crippen LogP contribution in [0, 0.1) is 5.92 Å². The van der Waals surface area contributed by atoms with Gasteiger partial charge in [0.2, 0.25) is 0 Å². The van der Waals surface area contributed by atoms with Gasteiger partial charge >= 0.3 is 0 Å². The molecule has 1 N–H and O–H groups in total. The fraction of sp³-hybridized carbons (Fsp3) is 0.625.